The van der Waals surface area contributed by atoms with Crippen molar-refractivity contribution in [2.45, 2.75) is 37.5 Å². The van der Waals surface area contributed by atoms with Crippen molar-refractivity contribution in [3.05, 3.63) is 29.0 Å². The fourth-order valence-corrected chi connectivity index (χ4v) is 3.87. The van der Waals surface area contributed by atoms with E-state index in [0.717, 1.165) is 18.6 Å². The molecule has 19 heavy (non-hydrogen) atoms. The number of aromatic nitrogens is 1. The smallest absolute Gasteiger partial charge is 0.254 e. The molecule has 0 spiro atoms. The molecule has 2 atom stereocenters. The predicted octanol–water partition coefficient (Wildman–Crippen LogP) is 3.48. The van der Waals surface area contributed by atoms with E-state index in [1.54, 1.807) is 18.3 Å². The minimum Gasteiger partial charge on any atom is -0.339 e. The van der Waals surface area contributed by atoms with E-state index in [-0.39, 0.29) is 5.91 Å². The van der Waals surface area contributed by atoms with Crippen LogP contribution in [0.1, 0.15) is 36.5 Å². The second-order valence-electron chi connectivity index (χ2n) is 4.83. The van der Waals surface area contributed by atoms with Gasteiger partial charge in [0, 0.05) is 30.1 Å². The summed E-state index contributed by atoms with van der Waals surface area (Å²) in [5.74, 6) is 1.19. The monoisotopic (exact) mass is 298 g/mol. The zero-order valence-corrected chi connectivity index (χ0v) is 12.9. The molecule has 0 aliphatic heterocycles. The standard InChI is InChI=1S/C14H19ClN2OS/c1-3-19-12-5-4-11(9-12)17(2)14(18)10-6-7-16-13(15)8-10/h6-8,11-12H,3-5,9H2,1-2H3/t11-,12-/m0/s1. The van der Waals surface area contributed by atoms with Crippen LogP contribution in [0.2, 0.25) is 5.15 Å². The van der Waals surface area contributed by atoms with E-state index in [9.17, 15) is 4.79 Å². The van der Waals surface area contributed by atoms with E-state index in [1.807, 2.05) is 23.7 Å². The van der Waals surface area contributed by atoms with E-state index in [4.69, 9.17) is 11.6 Å². The van der Waals surface area contributed by atoms with Gasteiger partial charge in [-0.05, 0) is 37.1 Å². The minimum atomic E-state index is 0.0384. The van der Waals surface area contributed by atoms with Crippen molar-refractivity contribution in [1.82, 2.24) is 9.88 Å². The summed E-state index contributed by atoms with van der Waals surface area (Å²) in [6.45, 7) is 2.19. The molecule has 0 saturated heterocycles. The zero-order chi connectivity index (χ0) is 13.8. The summed E-state index contributed by atoms with van der Waals surface area (Å²) in [5.41, 5.74) is 0.620. The Hall–Kier alpha value is -0.740. The van der Waals surface area contributed by atoms with Crippen LogP contribution in [-0.4, -0.2) is 39.9 Å². The van der Waals surface area contributed by atoms with Crippen molar-refractivity contribution in [2.75, 3.05) is 12.8 Å². The molecular weight excluding hydrogens is 280 g/mol. The number of thioether (sulfide) groups is 1. The topological polar surface area (TPSA) is 33.2 Å². The fraction of sp³-hybridized carbons (Fsp3) is 0.571. The highest BCUT2D eigenvalue weighted by Gasteiger charge is 2.30. The predicted molar refractivity (Wildman–Crippen MR) is 80.9 cm³/mol. The third kappa shape index (κ3) is 3.63. The third-order valence-corrected chi connectivity index (χ3v) is 5.04. The van der Waals surface area contributed by atoms with Gasteiger partial charge in [0.1, 0.15) is 5.15 Å². The summed E-state index contributed by atoms with van der Waals surface area (Å²) < 4.78 is 0. The molecule has 3 nitrogen and oxygen atoms in total. The maximum absolute atomic E-state index is 12.4. The first kappa shape index (κ1) is 14.7. The van der Waals surface area contributed by atoms with Gasteiger partial charge in [-0.3, -0.25) is 4.79 Å². The maximum atomic E-state index is 12.4. The highest BCUT2D eigenvalue weighted by molar-refractivity contribution is 7.99. The Kier molecular flexibility index (Phi) is 5.11. The average Bonchev–Trinajstić information content (AvgIpc) is 2.86. The molecule has 1 aromatic heterocycles. The van der Waals surface area contributed by atoms with Gasteiger partial charge in [-0.15, -0.1) is 0 Å². The second kappa shape index (κ2) is 6.62. The molecule has 1 aliphatic carbocycles. The van der Waals surface area contributed by atoms with Crippen LogP contribution < -0.4 is 0 Å². The number of rotatable bonds is 4. The summed E-state index contributed by atoms with van der Waals surface area (Å²) in [5, 5.41) is 1.07. The van der Waals surface area contributed by atoms with Gasteiger partial charge >= 0.3 is 0 Å². The first-order chi connectivity index (χ1) is 9.11. The normalized spacial score (nSPS) is 22.5. The molecule has 2 rings (SSSR count). The quantitative estimate of drug-likeness (QED) is 0.798. The minimum absolute atomic E-state index is 0.0384. The number of carbonyl (C=O) groups excluding carboxylic acids is 1. The van der Waals surface area contributed by atoms with Crippen LogP contribution in [0, 0.1) is 0 Å². The largest absolute Gasteiger partial charge is 0.339 e. The highest BCUT2D eigenvalue weighted by Crippen LogP contribution is 2.32. The van der Waals surface area contributed by atoms with Crippen molar-refractivity contribution in [3.63, 3.8) is 0 Å². The van der Waals surface area contributed by atoms with Crippen molar-refractivity contribution in [3.8, 4) is 0 Å². The number of carbonyl (C=O) groups is 1. The summed E-state index contributed by atoms with van der Waals surface area (Å²) in [7, 11) is 1.89. The number of halogens is 1. The Morgan fingerprint density at radius 3 is 3.05 bits per heavy atom. The van der Waals surface area contributed by atoms with Crippen molar-refractivity contribution >= 4 is 29.3 Å². The number of nitrogens with zero attached hydrogens (tertiary/aromatic N) is 2. The van der Waals surface area contributed by atoms with E-state index in [0.29, 0.717) is 22.0 Å². The van der Waals surface area contributed by atoms with Crippen molar-refractivity contribution < 1.29 is 4.79 Å². The van der Waals surface area contributed by atoms with Gasteiger partial charge in [-0.1, -0.05) is 18.5 Å². The molecule has 0 aromatic carbocycles. The van der Waals surface area contributed by atoms with Crippen molar-refractivity contribution in [2.24, 2.45) is 0 Å². The van der Waals surface area contributed by atoms with Crippen LogP contribution in [0.3, 0.4) is 0 Å². The van der Waals surface area contributed by atoms with Crippen LogP contribution in [-0.2, 0) is 0 Å². The lowest BCUT2D eigenvalue weighted by atomic mass is 10.2. The first-order valence-electron chi connectivity index (χ1n) is 6.62. The van der Waals surface area contributed by atoms with Crippen molar-refractivity contribution in [1.29, 1.82) is 0 Å². The van der Waals surface area contributed by atoms with Gasteiger partial charge in [0.2, 0.25) is 0 Å². The van der Waals surface area contributed by atoms with Crippen LogP contribution in [0.15, 0.2) is 18.3 Å². The Bertz CT molecular complexity index is 455. The number of hydrogen-bond donors (Lipinski definition) is 0. The molecule has 1 fully saturated rings. The summed E-state index contributed by atoms with van der Waals surface area (Å²) in [6.07, 6.45) is 4.98. The summed E-state index contributed by atoms with van der Waals surface area (Å²) in [6, 6.07) is 3.70. The molecule has 1 aromatic rings. The summed E-state index contributed by atoms with van der Waals surface area (Å²) in [4.78, 5) is 18.2. The maximum Gasteiger partial charge on any atom is 0.254 e. The number of amides is 1. The first-order valence-corrected chi connectivity index (χ1v) is 8.04. The van der Waals surface area contributed by atoms with E-state index in [2.05, 4.69) is 11.9 Å². The second-order valence-corrected chi connectivity index (χ2v) is 6.79. The molecule has 5 heteroatoms. The van der Waals surface area contributed by atoms with Gasteiger partial charge in [0.05, 0.1) is 0 Å². The van der Waals surface area contributed by atoms with Gasteiger partial charge in [0.25, 0.3) is 5.91 Å². The SMILES string of the molecule is CCS[C@H]1CC[C@H](N(C)C(=O)c2ccnc(Cl)c2)C1. The molecule has 0 bridgehead atoms. The average molecular weight is 299 g/mol. The van der Waals surface area contributed by atoms with E-state index < -0.39 is 0 Å². The van der Waals surface area contributed by atoms with Gasteiger partial charge < -0.3 is 4.90 Å². The van der Waals surface area contributed by atoms with Crippen LogP contribution in [0.4, 0.5) is 0 Å². The molecule has 0 radical (unpaired) electrons. The van der Waals surface area contributed by atoms with Crippen LogP contribution in [0.5, 0.6) is 0 Å². The fourth-order valence-electron chi connectivity index (χ4n) is 2.56. The Balaban J connectivity index is 2.00. The van der Waals surface area contributed by atoms with E-state index >= 15 is 0 Å². The number of pyridine rings is 1. The van der Waals surface area contributed by atoms with Crippen LogP contribution in [0.25, 0.3) is 0 Å². The van der Waals surface area contributed by atoms with Gasteiger partial charge in [0.15, 0.2) is 0 Å². The number of hydrogen-bond acceptors (Lipinski definition) is 3. The van der Waals surface area contributed by atoms with Crippen LogP contribution >= 0.6 is 23.4 Å². The Morgan fingerprint density at radius 2 is 2.37 bits per heavy atom. The molecule has 1 aliphatic rings. The molecule has 0 unspecified atom stereocenters. The molecule has 104 valence electrons. The molecular formula is C14H19ClN2OS. The van der Waals surface area contributed by atoms with E-state index in [1.165, 1.54) is 6.42 Å². The van der Waals surface area contributed by atoms with Gasteiger partial charge in [-0.25, -0.2) is 4.98 Å². The Morgan fingerprint density at radius 1 is 1.58 bits per heavy atom. The zero-order valence-electron chi connectivity index (χ0n) is 11.3. The Labute approximate surface area is 123 Å². The lowest BCUT2D eigenvalue weighted by Gasteiger charge is -2.24. The van der Waals surface area contributed by atoms with Gasteiger partial charge in [-0.2, -0.15) is 11.8 Å². The molecule has 0 N–H and O–H groups in total. The molecule has 1 amide bonds. The molecule has 1 saturated carbocycles. The third-order valence-electron chi connectivity index (χ3n) is 3.60. The molecule has 1 heterocycles. The highest BCUT2D eigenvalue weighted by atomic mass is 35.5. The lowest BCUT2D eigenvalue weighted by Crippen LogP contribution is -2.35. The lowest BCUT2D eigenvalue weighted by molar-refractivity contribution is 0.0735. The summed E-state index contributed by atoms with van der Waals surface area (Å²) >= 11 is 7.83.